The maximum Gasteiger partial charge on any atom is 0.308 e. The number of pyridine rings is 1. The van der Waals surface area contributed by atoms with Crippen LogP contribution in [0.25, 0.3) is 11.1 Å². The molecule has 0 spiro atoms. The molecule has 0 aliphatic heterocycles. The summed E-state index contributed by atoms with van der Waals surface area (Å²) in [6, 6.07) is 11.5. The molecule has 2 rings (SSSR count). The number of carboxylic acid groups (broad SMARTS) is 1. The van der Waals surface area contributed by atoms with Gasteiger partial charge in [-0.3, -0.25) is 24.4 Å². The molecule has 0 aliphatic rings. The molecule has 0 saturated carbocycles. The van der Waals surface area contributed by atoms with Crippen molar-refractivity contribution in [2.45, 2.75) is 33.2 Å². The van der Waals surface area contributed by atoms with Crippen molar-refractivity contribution >= 4 is 24.0 Å². The summed E-state index contributed by atoms with van der Waals surface area (Å²) in [5, 5.41) is 24.2. The Hall–Kier alpha value is -4.27. The van der Waals surface area contributed by atoms with Crippen molar-refractivity contribution in [3.05, 3.63) is 78.0 Å². The Kier molecular flexibility index (Phi) is 9.04. The molecule has 1 heterocycles. The maximum atomic E-state index is 12.9. The molecule has 9 heteroatoms. The van der Waals surface area contributed by atoms with Crippen LogP contribution in [0, 0.1) is 5.92 Å². The van der Waals surface area contributed by atoms with Crippen LogP contribution in [-0.4, -0.2) is 45.7 Å². The van der Waals surface area contributed by atoms with E-state index >= 15 is 0 Å². The van der Waals surface area contributed by atoms with E-state index in [1.807, 2.05) is 50.2 Å². The Bertz CT molecular complexity index is 1150. The predicted octanol–water partition coefficient (Wildman–Crippen LogP) is 3.35. The number of nitrogens with zero attached hydrogens (tertiary/aromatic N) is 2. The summed E-state index contributed by atoms with van der Waals surface area (Å²) in [6.45, 7) is 9.84. The number of amides is 2. The van der Waals surface area contributed by atoms with E-state index in [0.29, 0.717) is 0 Å². The van der Waals surface area contributed by atoms with Gasteiger partial charge in [0, 0.05) is 25.2 Å². The van der Waals surface area contributed by atoms with Crippen LogP contribution in [-0.2, 0) is 19.9 Å². The van der Waals surface area contributed by atoms with Crippen molar-refractivity contribution in [2.24, 2.45) is 10.9 Å². The first kappa shape index (κ1) is 27.0. The number of aliphatic carboxylic acids is 1. The lowest BCUT2D eigenvalue weighted by Gasteiger charge is -2.27. The van der Waals surface area contributed by atoms with Crippen LogP contribution in [0.2, 0.25) is 0 Å². The number of aliphatic imine (C=N–C) groups is 1. The van der Waals surface area contributed by atoms with Gasteiger partial charge in [-0.2, -0.15) is 0 Å². The second-order valence-corrected chi connectivity index (χ2v) is 8.55. The molecule has 2 amide bonds. The minimum atomic E-state index is -1.05. The van der Waals surface area contributed by atoms with Crippen LogP contribution in [0.4, 0.5) is 0 Å². The Morgan fingerprint density at radius 1 is 1.11 bits per heavy atom. The minimum absolute atomic E-state index is 0.0985. The highest BCUT2D eigenvalue weighted by atomic mass is 16.4. The maximum absolute atomic E-state index is 12.9. The fourth-order valence-corrected chi connectivity index (χ4v) is 2.99. The molecule has 0 radical (unpaired) electrons. The number of carbonyl (C=O) groups excluding carboxylic acids is 2. The van der Waals surface area contributed by atoms with Crippen molar-refractivity contribution in [1.29, 1.82) is 0 Å². The van der Waals surface area contributed by atoms with Gasteiger partial charge in [0.1, 0.15) is 11.5 Å². The summed E-state index contributed by atoms with van der Waals surface area (Å²) < 4.78 is 0. The number of rotatable bonds is 10. The topological polar surface area (TPSA) is 141 Å². The minimum Gasteiger partial charge on any atom is -0.512 e. The van der Waals surface area contributed by atoms with Gasteiger partial charge in [0.25, 0.3) is 11.8 Å². The second-order valence-electron chi connectivity index (χ2n) is 8.55. The Labute approximate surface area is 204 Å². The number of aliphatic hydroxyl groups is 1. The van der Waals surface area contributed by atoms with E-state index in [0.717, 1.165) is 22.9 Å². The molecule has 0 fully saturated rings. The number of carboxylic acids is 1. The van der Waals surface area contributed by atoms with Gasteiger partial charge >= 0.3 is 5.97 Å². The number of carbonyl (C=O) groups is 3. The summed E-state index contributed by atoms with van der Waals surface area (Å²) in [4.78, 5) is 43.8. The van der Waals surface area contributed by atoms with Gasteiger partial charge in [0.2, 0.25) is 0 Å². The number of aliphatic hydroxyl groups excluding tert-OH is 1. The number of hydrogen-bond acceptors (Lipinski definition) is 6. The Morgan fingerprint density at radius 3 is 2.31 bits per heavy atom. The average molecular weight is 479 g/mol. The van der Waals surface area contributed by atoms with Gasteiger partial charge in [-0.15, -0.1) is 0 Å². The highest BCUT2D eigenvalue weighted by molar-refractivity contribution is 6.13. The lowest BCUT2D eigenvalue weighted by atomic mass is 9.92. The van der Waals surface area contributed by atoms with Gasteiger partial charge in [-0.05, 0) is 43.5 Å². The number of benzene rings is 1. The largest absolute Gasteiger partial charge is 0.512 e. The van der Waals surface area contributed by atoms with Crippen molar-refractivity contribution < 1.29 is 24.6 Å². The van der Waals surface area contributed by atoms with E-state index < -0.39 is 29.2 Å². The zero-order valence-electron chi connectivity index (χ0n) is 20.2. The summed E-state index contributed by atoms with van der Waals surface area (Å²) >= 11 is 0. The molecule has 1 atom stereocenters. The Morgan fingerprint density at radius 2 is 1.77 bits per heavy atom. The summed E-state index contributed by atoms with van der Waals surface area (Å²) in [6.07, 6.45) is 4.52. The van der Waals surface area contributed by atoms with Crippen LogP contribution >= 0.6 is 0 Å². The molecule has 9 nitrogen and oxygen atoms in total. The van der Waals surface area contributed by atoms with Crippen molar-refractivity contribution in [3.8, 4) is 11.1 Å². The predicted molar refractivity (Wildman–Crippen MR) is 134 cm³/mol. The lowest BCUT2D eigenvalue weighted by Crippen LogP contribution is -2.42. The first-order valence-electron chi connectivity index (χ1n) is 10.9. The first-order chi connectivity index (χ1) is 16.4. The van der Waals surface area contributed by atoms with E-state index in [1.165, 1.54) is 13.8 Å². The SMILES string of the molecule is C=C(/N=C\C(C(=O)NC(C)(C)c1ccc(-c2cccnc2)cc1)=C(/C)O)C(=O)NCC(C)C(=O)O. The molecule has 0 bridgehead atoms. The van der Waals surface area contributed by atoms with Crippen LogP contribution in [0.3, 0.4) is 0 Å². The summed E-state index contributed by atoms with van der Waals surface area (Å²) in [5.74, 6) is -3.40. The fraction of sp³-hybridized carbons (Fsp3) is 0.269. The van der Waals surface area contributed by atoms with E-state index in [2.05, 4.69) is 27.2 Å². The first-order valence-corrected chi connectivity index (χ1v) is 10.9. The van der Waals surface area contributed by atoms with Gasteiger partial charge in [0.05, 0.1) is 17.0 Å². The average Bonchev–Trinajstić information content (AvgIpc) is 2.82. The number of allylic oxidation sites excluding steroid dienone is 1. The molecule has 4 N–H and O–H groups in total. The standard InChI is InChI=1S/C26H30N4O5/c1-16(25(34)35)13-29-23(32)17(2)28-15-22(18(3)31)24(33)30-26(4,5)21-10-8-19(9-11-21)20-7-6-12-27-14-20/h6-12,14-16,31H,2,13H2,1,3-5H3,(H,29,32)(H,30,33)(H,34,35)/b22-18-,28-15-. The number of aromatic nitrogens is 1. The number of hydrogen-bond donors (Lipinski definition) is 4. The highest BCUT2D eigenvalue weighted by Gasteiger charge is 2.25. The van der Waals surface area contributed by atoms with Crippen molar-refractivity contribution in [1.82, 2.24) is 15.6 Å². The lowest BCUT2D eigenvalue weighted by molar-refractivity contribution is -0.141. The van der Waals surface area contributed by atoms with E-state index in [1.54, 1.807) is 12.4 Å². The monoisotopic (exact) mass is 478 g/mol. The van der Waals surface area contributed by atoms with Gasteiger partial charge < -0.3 is 20.8 Å². The normalized spacial score (nSPS) is 13.0. The Balaban J connectivity index is 2.09. The molecular weight excluding hydrogens is 448 g/mol. The van der Waals surface area contributed by atoms with E-state index in [9.17, 15) is 19.5 Å². The molecule has 1 unspecified atom stereocenters. The van der Waals surface area contributed by atoms with E-state index in [-0.39, 0.29) is 23.6 Å². The smallest absolute Gasteiger partial charge is 0.308 e. The summed E-state index contributed by atoms with van der Waals surface area (Å²) in [5.41, 5.74) is 1.62. The van der Waals surface area contributed by atoms with Crippen LogP contribution < -0.4 is 10.6 Å². The molecule has 1 aromatic heterocycles. The zero-order chi connectivity index (χ0) is 26.2. The van der Waals surface area contributed by atoms with Crippen molar-refractivity contribution in [2.75, 3.05) is 6.54 Å². The number of nitrogens with one attached hydrogen (secondary N) is 2. The molecule has 0 saturated heterocycles. The van der Waals surface area contributed by atoms with E-state index in [4.69, 9.17) is 5.11 Å². The third-order valence-electron chi connectivity index (χ3n) is 5.26. The second kappa shape index (κ2) is 11.7. The fourth-order valence-electron chi connectivity index (χ4n) is 2.99. The molecule has 0 aliphatic carbocycles. The van der Waals surface area contributed by atoms with Crippen LogP contribution in [0.15, 0.2) is 77.4 Å². The zero-order valence-corrected chi connectivity index (χ0v) is 20.2. The van der Waals surface area contributed by atoms with Gasteiger partial charge in [0.15, 0.2) is 0 Å². The molecular formula is C26H30N4O5. The summed E-state index contributed by atoms with van der Waals surface area (Å²) in [7, 11) is 0. The van der Waals surface area contributed by atoms with Crippen LogP contribution in [0.1, 0.15) is 33.3 Å². The molecule has 35 heavy (non-hydrogen) atoms. The van der Waals surface area contributed by atoms with Gasteiger partial charge in [-0.1, -0.05) is 43.8 Å². The van der Waals surface area contributed by atoms with Gasteiger partial charge in [-0.25, -0.2) is 0 Å². The van der Waals surface area contributed by atoms with Crippen molar-refractivity contribution in [3.63, 3.8) is 0 Å². The molecule has 1 aromatic carbocycles. The highest BCUT2D eigenvalue weighted by Crippen LogP contribution is 2.25. The molecule has 2 aromatic rings. The molecule has 184 valence electrons. The quantitative estimate of drug-likeness (QED) is 0.234. The third kappa shape index (κ3) is 7.63. The van der Waals surface area contributed by atoms with Crippen LogP contribution in [0.5, 0.6) is 0 Å². The third-order valence-corrected chi connectivity index (χ3v) is 5.26.